The molecule has 0 aliphatic heterocycles. The monoisotopic (exact) mass is 259 g/mol. The van der Waals surface area contributed by atoms with Gasteiger partial charge >= 0.3 is 0 Å². The molecule has 0 spiro atoms. The number of rotatable bonds is 5. The normalized spacial score (nSPS) is 11.9. The number of nitrogens with zero attached hydrogens (tertiary/aromatic N) is 3. The van der Waals surface area contributed by atoms with Crippen molar-refractivity contribution in [3.63, 3.8) is 0 Å². The van der Waals surface area contributed by atoms with Crippen LogP contribution in [0, 0.1) is 0 Å². The number of nitrogens with one attached hydrogen (secondary N) is 2. The van der Waals surface area contributed by atoms with Gasteiger partial charge in [0.05, 0.1) is 6.54 Å². The first kappa shape index (κ1) is 13.1. The van der Waals surface area contributed by atoms with E-state index in [0.717, 1.165) is 12.2 Å². The summed E-state index contributed by atoms with van der Waals surface area (Å²) in [5.41, 5.74) is 1.27. The first-order valence-electron chi connectivity index (χ1n) is 6.11. The van der Waals surface area contributed by atoms with Gasteiger partial charge < -0.3 is 10.6 Å². The largest absolute Gasteiger partial charge is 0.381 e. The molecule has 0 bridgehead atoms. The highest BCUT2D eigenvalue weighted by Gasteiger charge is 2.07. The molecule has 2 rings (SSSR count). The van der Waals surface area contributed by atoms with Gasteiger partial charge in [-0.2, -0.15) is 5.10 Å². The molecule has 2 aromatic rings. The molecule has 19 heavy (non-hydrogen) atoms. The van der Waals surface area contributed by atoms with Crippen LogP contribution >= 0.6 is 0 Å². The van der Waals surface area contributed by atoms with Gasteiger partial charge in [0.15, 0.2) is 0 Å². The third kappa shape index (κ3) is 3.54. The maximum atomic E-state index is 11.5. The fourth-order valence-electron chi connectivity index (χ4n) is 1.79. The number of anilines is 1. The van der Waals surface area contributed by atoms with E-state index in [0.29, 0.717) is 5.69 Å². The van der Waals surface area contributed by atoms with Gasteiger partial charge in [-0.25, -0.2) is 0 Å². The third-order valence-electron chi connectivity index (χ3n) is 2.65. The Morgan fingerprint density at radius 3 is 3.00 bits per heavy atom. The molecule has 0 aromatic carbocycles. The second kappa shape index (κ2) is 5.99. The molecule has 0 saturated carbocycles. The second-order valence-electron chi connectivity index (χ2n) is 4.28. The third-order valence-corrected chi connectivity index (χ3v) is 2.65. The quantitative estimate of drug-likeness (QED) is 0.844. The number of amides is 1. The lowest BCUT2D eigenvalue weighted by Crippen LogP contribution is -2.23. The molecule has 0 aliphatic rings. The number of carbonyl (C=O) groups is 1. The lowest BCUT2D eigenvalue weighted by atomic mass is 10.2. The van der Waals surface area contributed by atoms with Gasteiger partial charge in [-0.3, -0.25) is 14.5 Å². The van der Waals surface area contributed by atoms with Crippen LogP contribution in [-0.2, 0) is 6.54 Å². The number of hydrogen-bond acceptors (Lipinski definition) is 4. The SMILES string of the molecule is CNC(=O)c1cc(NC(C)Cn2cccn2)ccn1. The molecular weight excluding hydrogens is 242 g/mol. The minimum atomic E-state index is -0.191. The van der Waals surface area contributed by atoms with Crippen LogP contribution in [-0.4, -0.2) is 33.8 Å². The first-order chi connectivity index (χ1) is 9.19. The van der Waals surface area contributed by atoms with Gasteiger partial charge in [0, 0.05) is 37.4 Å². The van der Waals surface area contributed by atoms with Crippen molar-refractivity contribution in [1.82, 2.24) is 20.1 Å². The van der Waals surface area contributed by atoms with E-state index >= 15 is 0 Å². The van der Waals surface area contributed by atoms with Crippen LogP contribution < -0.4 is 10.6 Å². The molecule has 0 radical (unpaired) electrons. The Balaban J connectivity index is 2.00. The van der Waals surface area contributed by atoms with Crippen molar-refractivity contribution >= 4 is 11.6 Å². The van der Waals surface area contributed by atoms with Crippen molar-refractivity contribution in [2.24, 2.45) is 0 Å². The molecule has 2 aromatic heterocycles. The zero-order chi connectivity index (χ0) is 13.7. The molecule has 0 fully saturated rings. The molecule has 1 atom stereocenters. The summed E-state index contributed by atoms with van der Waals surface area (Å²) < 4.78 is 1.86. The topological polar surface area (TPSA) is 71.8 Å². The summed E-state index contributed by atoms with van der Waals surface area (Å²) >= 11 is 0. The van der Waals surface area contributed by atoms with E-state index in [1.54, 1.807) is 25.5 Å². The first-order valence-corrected chi connectivity index (χ1v) is 6.11. The van der Waals surface area contributed by atoms with Crippen molar-refractivity contribution in [3.8, 4) is 0 Å². The molecule has 6 heteroatoms. The Kier molecular flexibility index (Phi) is 4.12. The van der Waals surface area contributed by atoms with Crippen molar-refractivity contribution in [3.05, 3.63) is 42.5 Å². The van der Waals surface area contributed by atoms with Crippen molar-refractivity contribution in [1.29, 1.82) is 0 Å². The van der Waals surface area contributed by atoms with Crippen LogP contribution in [0.5, 0.6) is 0 Å². The highest BCUT2D eigenvalue weighted by atomic mass is 16.1. The Morgan fingerprint density at radius 2 is 2.32 bits per heavy atom. The highest BCUT2D eigenvalue weighted by Crippen LogP contribution is 2.10. The van der Waals surface area contributed by atoms with Gasteiger partial charge in [0.1, 0.15) is 5.69 Å². The number of hydrogen-bond donors (Lipinski definition) is 2. The predicted molar refractivity (Wildman–Crippen MR) is 72.9 cm³/mol. The van der Waals surface area contributed by atoms with Crippen LogP contribution in [0.25, 0.3) is 0 Å². The van der Waals surface area contributed by atoms with E-state index in [1.165, 1.54) is 0 Å². The summed E-state index contributed by atoms with van der Waals surface area (Å²) in [6, 6.07) is 5.66. The molecule has 1 unspecified atom stereocenters. The average molecular weight is 259 g/mol. The lowest BCUT2D eigenvalue weighted by Gasteiger charge is -2.15. The summed E-state index contributed by atoms with van der Waals surface area (Å²) in [5, 5.41) is 10.0. The molecule has 2 N–H and O–H groups in total. The Bertz CT molecular complexity index is 538. The number of carbonyl (C=O) groups excluding carboxylic acids is 1. The van der Waals surface area contributed by atoms with Crippen LogP contribution in [0.4, 0.5) is 5.69 Å². The van der Waals surface area contributed by atoms with Gasteiger partial charge in [-0.05, 0) is 25.1 Å². The van der Waals surface area contributed by atoms with Crippen LogP contribution in [0.3, 0.4) is 0 Å². The molecule has 0 saturated heterocycles. The minimum absolute atomic E-state index is 0.191. The lowest BCUT2D eigenvalue weighted by molar-refractivity contribution is 0.0958. The van der Waals surface area contributed by atoms with Gasteiger partial charge in [0.25, 0.3) is 5.91 Å². The zero-order valence-electron chi connectivity index (χ0n) is 11.0. The maximum absolute atomic E-state index is 11.5. The van der Waals surface area contributed by atoms with E-state index in [2.05, 4.69) is 27.6 Å². The Morgan fingerprint density at radius 1 is 1.47 bits per heavy atom. The van der Waals surface area contributed by atoms with Crippen molar-refractivity contribution in [2.75, 3.05) is 12.4 Å². The number of pyridine rings is 1. The van der Waals surface area contributed by atoms with E-state index in [-0.39, 0.29) is 11.9 Å². The number of aromatic nitrogens is 3. The fourth-order valence-corrected chi connectivity index (χ4v) is 1.79. The van der Waals surface area contributed by atoms with E-state index in [9.17, 15) is 4.79 Å². The van der Waals surface area contributed by atoms with Gasteiger partial charge in [-0.1, -0.05) is 0 Å². The highest BCUT2D eigenvalue weighted by molar-refractivity contribution is 5.92. The summed E-state index contributed by atoms with van der Waals surface area (Å²) in [6.07, 6.45) is 5.29. The smallest absolute Gasteiger partial charge is 0.269 e. The minimum Gasteiger partial charge on any atom is -0.381 e. The van der Waals surface area contributed by atoms with Crippen molar-refractivity contribution < 1.29 is 4.79 Å². The molecule has 2 heterocycles. The average Bonchev–Trinajstić information content (AvgIpc) is 2.90. The molecule has 100 valence electrons. The van der Waals surface area contributed by atoms with Gasteiger partial charge in [-0.15, -0.1) is 0 Å². The Labute approximate surface area is 111 Å². The van der Waals surface area contributed by atoms with E-state index in [1.807, 2.05) is 23.0 Å². The summed E-state index contributed by atoms with van der Waals surface area (Å²) in [7, 11) is 1.59. The standard InChI is InChI=1S/C13H17N5O/c1-10(9-18-7-3-5-16-18)17-11-4-6-15-12(8-11)13(19)14-2/h3-8,10H,9H2,1-2H3,(H,14,19)(H,15,17). The molecule has 0 aliphatic carbocycles. The second-order valence-corrected chi connectivity index (χ2v) is 4.28. The zero-order valence-corrected chi connectivity index (χ0v) is 11.0. The van der Waals surface area contributed by atoms with Crippen LogP contribution in [0.15, 0.2) is 36.8 Å². The molecule has 1 amide bonds. The summed E-state index contributed by atoms with van der Waals surface area (Å²) in [6.45, 7) is 2.81. The molecule has 6 nitrogen and oxygen atoms in total. The predicted octanol–water partition coefficient (Wildman–Crippen LogP) is 1.14. The van der Waals surface area contributed by atoms with E-state index < -0.39 is 0 Å². The van der Waals surface area contributed by atoms with Crippen LogP contribution in [0.1, 0.15) is 17.4 Å². The van der Waals surface area contributed by atoms with Crippen molar-refractivity contribution in [2.45, 2.75) is 19.5 Å². The summed E-state index contributed by atoms with van der Waals surface area (Å²) in [5.74, 6) is -0.191. The fraction of sp³-hybridized carbons (Fsp3) is 0.308. The maximum Gasteiger partial charge on any atom is 0.269 e. The van der Waals surface area contributed by atoms with E-state index in [4.69, 9.17) is 0 Å². The van der Waals surface area contributed by atoms with Crippen LogP contribution in [0.2, 0.25) is 0 Å². The Hall–Kier alpha value is -2.37. The van der Waals surface area contributed by atoms with Gasteiger partial charge in [0.2, 0.25) is 0 Å². The summed E-state index contributed by atoms with van der Waals surface area (Å²) in [4.78, 5) is 15.5. The molecular formula is C13H17N5O.